The Kier molecular flexibility index (Phi) is 8.92. The predicted molar refractivity (Wildman–Crippen MR) is 77.6 cm³/mol. The first-order valence-electron chi connectivity index (χ1n) is 5.87. The minimum Gasteiger partial charge on any atom is -0.391 e. The van der Waals surface area contributed by atoms with Crippen LogP contribution in [0, 0.1) is 0 Å². The maximum Gasteiger partial charge on any atom is 0.249 e. The van der Waals surface area contributed by atoms with Crippen molar-refractivity contribution in [2.45, 2.75) is 33.8 Å². The largest absolute Gasteiger partial charge is 0.391 e. The Morgan fingerprint density at radius 3 is 2.72 bits per heavy atom. The molecule has 0 aliphatic rings. The molecule has 18 heavy (non-hydrogen) atoms. The van der Waals surface area contributed by atoms with Crippen LogP contribution in [0.1, 0.15) is 43.1 Å². The third-order valence-electron chi connectivity index (χ3n) is 1.92. The fourth-order valence-electron chi connectivity index (χ4n) is 1.17. The number of benzene rings is 1. The lowest BCUT2D eigenvalue weighted by atomic mass is 10.1. The van der Waals surface area contributed by atoms with Crippen molar-refractivity contribution in [3.05, 3.63) is 33.8 Å². The zero-order valence-corrected chi connectivity index (χ0v) is 12.5. The number of nitrogens with zero attached hydrogens (tertiary/aromatic N) is 1. The van der Waals surface area contributed by atoms with Crippen LogP contribution in [-0.2, 0) is 11.4 Å². The molecule has 0 saturated carbocycles. The summed E-state index contributed by atoms with van der Waals surface area (Å²) >= 11 is 3.34. The zero-order chi connectivity index (χ0) is 14.0. The van der Waals surface area contributed by atoms with Crippen molar-refractivity contribution in [1.82, 2.24) is 0 Å². The third kappa shape index (κ3) is 5.31. The van der Waals surface area contributed by atoms with Crippen molar-refractivity contribution >= 4 is 28.1 Å². The van der Waals surface area contributed by atoms with Crippen molar-refractivity contribution in [3.63, 3.8) is 0 Å². The summed E-state index contributed by atoms with van der Waals surface area (Å²) in [5.41, 5.74) is 6.42. The summed E-state index contributed by atoms with van der Waals surface area (Å²) in [5, 5.41) is 3.73. The minimum absolute atomic E-state index is 0.218. The molecule has 0 bridgehead atoms. The molecule has 0 saturated heterocycles. The number of nitrogens with two attached hydrogens (primary N) is 1. The van der Waals surface area contributed by atoms with Crippen molar-refractivity contribution in [3.8, 4) is 0 Å². The fourth-order valence-corrected chi connectivity index (χ4v) is 1.65. The molecule has 5 heteroatoms. The quantitative estimate of drug-likeness (QED) is 0.668. The molecule has 0 aliphatic carbocycles. The second-order valence-electron chi connectivity index (χ2n) is 3.10. The van der Waals surface area contributed by atoms with E-state index < -0.39 is 5.91 Å². The highest BCUT2D eigenvalue weighted by atomic mass is 79.9. The summed E-state index contributed by atoms with van der Waals surface area (Å²) in [6, 6.07) is 5.24. The van der Waals surface area contributed by atoms with Crippen LogP contribution in [0.25, 0.3) is 0 Å². The standard InChI is InChI=1S/C11H13BrN2O2.C2H6/c1-2-6-14-16-7-9-8(11(13)15)4-3-5-10(9)12;1-2/h3-6H,2,7H2,1H3,(H2,13,15);1-2H3. The predicted octanol–water partition coefficient (Wildman–Crippen LogP) is 3.49. The maximum atomic E-state index is 11.2. The molecule has 1 aromatic rings. The second kappa shape index (κ2) is 9.65. The molecule has 1 aromatic carbocycles. The summed E-state index contributed by atoms with van der Waals surface area (Å²) in [6.45, 7) is 6.18. The van der Waals surface area contributed by atoms with Gasteiger partial charge in [0.05, 0.1) is 0 Å². The van der Waals surface area contributed by atoms with Gasteiger partial charge in [-0.1, -0.05) is 47.9 Å². The van der Waals surface area contributed by atoms with E-state index >= 15 is 0 Å². The highest BCUT2D eigenvalue weighted by molar-refractivity contribution is 9.10. The lowest BCUT2D eigenvalue weighted by Crippen LogP contribution is -2.14. The van der Waals surface area contributed by atoms with Gasteiger partial charge in [-0.15, -0.1) is 0 Å². The molecule has 0 aliphatic heterocycles. The Balaban J connectivity index is 0.00000137. The van der Waals surface area contributed by atoms with Gasteiger partial charge in [0, 0.05) is 21.8 Å². The third-order valence-corrected chi connectivity index (χ3v) is 2.67. The summed E-state index contributed by atoms with van der Waals surface area (Å²) in [5.74, 6) is -0.473. The van der Waals surface area contributed by atoms with Crippen LogP contribution in [0.15, 0.2) is 27.8 Å². The summed E-state index contributed by atoms with van der Waals surface area (Å²) < 4.78 is 0.787. The topological polar surface area (TPSA) is 64.7 Å². The van der Waals surface area contributed by atoms with Gasteiger partial charge in [-0.3, -0.25) is 4.79 Å². The number of carbonyl (C=O) groups excluding carboxylic acids is 1. The van der Waals surface area contributed by atoms with E-state index in [2.05, 4.69) is 21.1 Å². The van der Waals surface area contributed by atoms with Gasteiger partial charge >= 0.3 is 0 Å². The number of amides is 1. The average molecular weight is 315 g/mol. The van der Waals surface area contributed by atoms with Crippen LogP contribution in [0.3, 0.4) is 0 Å². The molecule has 0 spiro atoms. The van der Waals surface area contributed by atoms with E-state index in [1.165, 1.54) is 0 Å². The Morgan fingerprint density at radius 2 is 2.17 bits per heavy atom. The average Bonchev–Trinajstić information content (AvgIpc) is 2.38. The number of hydrogen-bond acceptors (Lipinski definition) is 3. The first-order chi connectivity index (χ1) is 8.66. The number of halogens is 1. The summed E-state index contributed by atoms with van der Waals surface area (Å²) in [7, 11) is 0. The van der Waals surface area contributed by atoms with Gasteiger partial charge in [0.15, 0.2) is 0 Å². The maximum absolute atomic E-state index is 11.2. The Bertz CT molecular complexity index is 406. The molecule has 100 valence electrons. The van der Waals surface area contributed by atoms with Crippen LogP contribution in [-0.4, -0.2) is 12.1 Å². The van der Waals surface area contributed by atoms with Gasteiger partial charge in [0.2, 0.25) is 5.91 Å². The van der Waals surface area contributed by atoms with Crippen LogP contribution < -0.4 is 5.73 Å². The molecule has 0 fully saturated rings. The van der Waals surface area contributed by atoms with Crippen LogP contribution in [0.5, 0.6) is 0 Å². The summed E-state index contributed by atoms with van der Waals surface area (Å²) in [6.07, 6.45) is 2.46. The van der Waals surface area contributed by atoms with Gasteiger partial charge in [0.25, 0.3) is 0 Å². The van der Waals surface area contributed by atoms with Crippen molar-refractivity contribution in [2.24, 2.45) is 10.9 Å². The Hall–Kier alpha value is -1.36. The minimum atomic E-state index is -0.473. The van der Waals surface area contributed by atoms with E-state index in [0.29, 0.717) is 11.1 Å². The number of hydrogen-bond donors (Lipinski definition) is 1. The van der Waals surface area contributed by atoms with Gasteiger partial charge in [-0.2, -0.15) is 0 Å². The first-order valence-corrected chi connectivity index (χ1v) is 6.67. The first kappa shape index (κ1) is 16.6. The van der Waals surface area contributed by atoms with E-state index in [-0.39, 0.29) is 6.61 Å². The van der Waals surface area contributed by atoms with E-state index in [1.54, 1.807) is 18.3 Å². The number of carbonyl (C=O) groups is 1. The molecule has 0 radical (unpaired) electrons. The van der Waals surface area contributed by atoms with E-state index in [1.807, 2.05) is 26.8 Å². The molecule has 0 heterocycles. The smallest absolute Gasteiger partial charge is 0.249 e. The van der Waals surface area contributed by atoms with Crippen molar-refractivity contribution in [2.75, 3.05) is 0 Å². The molecule has 1 rings (SSSR count). The number of rotatable bonds is 5. The van der Waals surface area contributed by atoms with E-state index in [4.69, 9.17) is 10.6 Å². The Morgan fingerprint density at radius 1 is 1.50 bits per heavy atom. The molecule has 2 N–H and O–H groups in total. The van der Waals surface area contributed by atoms with Crippen molar-refractivity contribution < 1.29 is 9.63 Å². The normalized spacial score (nSPS) is 9.78. The van der Waals surface area contributed by atoms with Gasteiger partial charge in [-0.25, -0.2) is 0 Å². The highest BCUT2D eigenvalue weighted by Crippen LogP contribution is 2.21. The van der Waals surface area contributed by atoms with Gasteiger partial charge in [-0.05, 0) is 18.6 Å². The lowest BCUT2D eigenvalue weighted by Gasteiger charge is -2.07. The molecule has 1 amide bonds. The number of oxime groups is 1. The van der Waals surface area contributed by atoms with Crippen LogP contribution >= 0.6 is 15.9 Å². The van der Waals surface area contributed by atoms with Crippen LogP contribution in [0.2, 0.25) is 0 Å². The molecule has 0 unspecified atom stereocenters. The lowest BCUT2D eigenvalue weighted by molar-refractivity contribution is 0.0988. The molecule has 0 aromatic heterocycles. The van der Waals surface area contributed by atoms with E-state index in [9.17, 15) is 4.79 Å². The summed E-state index contributed by atoms with van der Waals surface area (Å²) in [4.78, 5) is 16.2. The molecular weight excluding hydrogens is 296 g/mol. The number of primary amides is 1. The SMILES string of the molecule is CC.CCC=NOCc1c(Br)cccc1C(N)=O. The molecule has 0 atom stereocenters. The van der Waals surface area contributed by atoms with Gasteiger partial charge < -0.3 is 10.6 Å². The van der Waals surface area contributed by atoms with Gasteiger partial charge in [0.1, 0.15) is 6.61 Å². The highest BCUT2D eigenvalue weighted by Gasteiger charge is 2.11. The fraction of sp³-hybridized carbons (Fsp3) is 0.385. The van der Waals surface area contributed by atoms with Crippen molar-refractivity contribution in [1.29, 1.82) is 0 Å². The second-order valence-corrected chi connectivity index (χ2v) is 3.95. The Labute approximate surface area is 116 Å². The van der Waals surface area contributed by atoms with E-state index in [0.717, 1.165) is 10.9 Å². The van der Waals surface area contributed by atoms with Crippen LogP contribution in [0.4, 0.5) is 0 Å². The molecular formula is C13H19BrN2O2. The zero-order valence-electron chi connectivity index (χ0n) is 10.9. The molecule has 4 nitrogen and oxygen atoms in total. The monoisotopic (exact) mass is 314 g/mol.